The quantitative estimate of drug-likeness (QED) is 0.676. The Labute approximate surface area is 139 Å². The lowest BCUT2D eigenvalue weighted by atomic mass is 10.2. The maximum Gasteiger partial charge on any atom is 0.309 e. The van der Waals surface area contributed by atoms with Crippen molar-refractivity contribution in [2.45, 2.75) is 13.5 Å². The molecule has 0 unspecified atom stereocenters. The summed E-state index contributed by atoms with van der Waals surface area (Å²) >= 11 is 6.20. The molecule has 5 heteroatoms. The van der Waals surface area contributed by atoms with Crippen LogP contribution in [0.4, 0.5) is 0 Å². The van der Waals surface area contributed by atoms with Crippen molar-refractivity contribution >= 4 is 17.6 Å². The van der Waals surface area contributed by atoms with E-state index in [-0.39, 0.29) is 11.0 Å². The van der Waals surface area contributed by atoms with Crippen LogP contribution in [0.25, 0.3) is 11.4 Å². The molecule has 0 aliphatic carbocycles. The zero-order chi connectivity index (χ0) is 16.2. The van der Waals surface area contributed by atoms with Crippen LogP contribution in [0, 0.1) is 0 Å². The van der Waals surface area contributed by atoms with Gasteiger partial charge >= 0.3 is 5.97 Å². The summed E-state index contributed by atoms with van der Waals surface area (Å²) in [4.78, 5) is 15.8. The average molecular weight is 327 g/mol. The smallest absolute Gasteiger partial charge is 0.309 e. The highest BCUT2D eigenvalue weighted by molar-refractivity contribution is 6.31. The van der Waals surface area contributed by atoms with Crippen LogP contribution in [-0.2, 0) is 11.3 Å². The fourth-order valence-electron chi connectivity index (χ4n) is 2.36. The molecule has 0 bridgehead atoms. The third-order valence-electron chi connectivity index (χ3n) is 3.34. The second-order valence-electron chi connectivity index (χ2n) is 5.06. The van der Waals surface area contributed by atoms with E-state index in [9.17, 15) is 4.79 Å². The van der Waals surface area contributed by atoms with Gasteiger partial charge in [-0.15, -0.1) is 0 Å². The molecule has 1 heterocycles. The Morgan fingerprint density at radius 1 is 1.09 bits per heavy atom. The number of hydrogen-bond donors (Lipinski definition) is 0. The van der Waals surface area contributed by atoms with Gasteiger partial charge in [0.25, 0.3) is 0 Å². The van der Waals surface area contributed by atoms with Crippen LogP contribution < -0.4 is 4.74 Å². The van der Waals surface area contributed by atoms with Gasteiger partial charge in [0.05, 0.1) is 6.54 Å². The summed E-state index contributed by atoms with van der Waals surface area (Å²) in [6.45, 7) is 1.85. The highest BCUT2D eigenvalue weighted by Crippen LogP contribution is 2.32. The van der Waals surface area contributed by atoms with Gasteiger partial charge in [0, 0.05) is 12.5 Å². The van der Waals surface area contributed by atoms with Crippen molar-refractivity contribution in [1.82, 2.24) is 9.55 Å². The number of imidazole rings is 1. The second kappa shape index (κ2) is 6.67. The first-order valence-electron chi connectivity index (χ1n) is 7.19. The number of rotatable bonds is 4. The van der Waals surface area contributed by atoms with E-state index in [1.165, 1.54) is 6.92 Å². The minimum atomic E-state index is -0.430. The summed E-state index contributed by atoms with van der Waals surface area (Å²) in [7, 11) is 0. The molecule has 23 heavy (non-hydrogen) atoms. The molecule has 3 rings (SSSR count). The number of esters is 1. The van der Waals surface area contributed by atoms with Crippen LogP contribution in [0.3, 0.4) is 0 Å². The number of halogens is 1. The van der Waals surface area contributed by atoms with Crippen molar-refractivity contribution in [3.05, 3.63) is 71.4 Å². The number of nitrogens with zero attached hydrogens (tertiary/aromatic N) is 2. The Hall–Kier alpha value is -2.59. The van der Waals surface area contributed by atoms with E-state index in [1.54, 1.807) is 0 Å². The first-order valence-corrected chi connectivity index (χ1v) is 7.56. The van der Waals surface area contributed by atoms with Crippen LogP contribution in [0.15, 0.2) is 60.7 Å². The van der Waals surface area contributed by atoms with Gasteiger partial charge in [-0.25, -0.2) is 4.98 Å². The number of benzene rings is 2. The third kappa shape index (κ3) is 3.43. The first-order chi connectivity index (χ1) is 11.1. The third-order valence-corrected chi connectivity index (χ3v) is 3.58. The van der Waals surface area contributed by atoms with Gasteiger partial charge in [0.15, 0.2) is 5.15 Å². The maximum absolute atomic E-state index is 11.4. The number of carbonyl (C=O) groups is 1. The van der Waals surface area contributed by atoms with Crippen molar-refractivity contribution in [3.8, 4) is 17.3 Å². The van der Waals surface area contributed by atoms with Crippen LogP contribution in [0.5, 0.6) is 5.88 Å². The molecule has 0 aliphatic rings. The highest BCUT2D eigenvalue weighted by atomic mass is 35.5. The Bertz CT molecular complexity index is 814. The van der Waals surface area contributed by atoms with Crippen molar-refractivity contribution in [2.24, 2.45) is 0 Å². The van der Waals surface area contributed by atoms with Crippen molar-refractivity contribution in [1.29, 1.82) is 0 Å². The molecule has 0 saturated carbocycles. The summed E-state index contributed by atoms with van der Waals surface area (Å²) in [5.41, 5.74) is 1.97. The Balaban J connectivity index is 2.10. The summed E-state index contributed by atoms with van der Waals surface area (Å²) in [5.74, 6) is 0.498. The van der Waals surface area contributed by atoms with Crippen molar-refractivity contribution in [2.75, 3.05) is 0 Å². The van der Waals surface area contributed by atoms with Gasteiger partial charge in [-0.1, -0.05) is 72.3 Å². The fraction of sp³-hybridized carbons (Fsp3) is 0.111. The van der Waals surface area contributed by atoms with E-state index < -0.39 is 5.97 Å². The summed E-state index contributed by atoms with van der Waals surface area (Å²) in [6.07, 6.45) is 0. The summed E-state index contributed by atoms with van der Waals surface area (Å²) in [6, 6.07) is 19.5. The van der Waals surface area contributed by atoms with Crippen LogP contribution in [0.2, 0.25) is 5.15 Å². The van der Waals surface area contributed by atoms with E-state index in [4.69, 9.17) is 16.3 Å². The van der Waals surface area contributed by atoms with Gasteiger partial charge in [-0.3, -0.25) is 9.36 Å². The molecular formula is C18H15ClN2O2. The zero-order valence-electron chi connectivity index (χ0n) is 12.6. The van der Waals surface area contributed by atoms with Crippen LogP contribution in [0.1, 0.15) is 12.5 Å². The monoisotopic (exact) mass is 326 g/mol. The number of ether oxygens (including phenoxy) is 1. The number of aromatic nitrogens is 2. The molecular weight excluding hydrogens is 312 g/mol. The summed E-state index contributed by atoms with van der Waals surface area (Å²) in [5, 5.41) is 0.176. The topological polar surface area (TPSA) is 44.1 Å². The Morgan fingerprint density at radius 2 is 1.70 bits per heavy atom. The normalized spacial score (nSPS) is 10.5. The molecule has 0 fully saturated rings. The SMILES string of the molecule is CC(=O)Oc1c(Cl)nc(-c2ccccc2)n1Cc1ccccc1. The molecule has 0 radical (unpaired) electrons. The molecule has 0 amide bonds. The molecule has 4 nitrogen and oxygen atoms in total. The highest BCUT2D eigenvalue weighted by Gasteiger charge is 2.20. The van der Waals surface area contributed by atoms with E-state index in [0.717, 1.165) is 11.1 Å². The van der Waals surface area contributed by atoms with Gasteiger partial charge in [-0.05, 0) is 5.56 Å². The number of carbonyl (C=O) groups excluding carboxylic acids is 1. The molecule has 2 aromatic carbocycles. The van der Waals surface area contributed by atoms with Crippen LogP contribution >= 0.6 is 11.6 Å². The molecule has 0 N–H and O–H groups in total. The van der Waals surface area contributed by atoms with Crippen LogP contribution in [-0.4, -0.2) is 15.5 Å². The largest absolute Gasteiger partial charge is 0.406 e. The molecule has 0 spiro atoms. The fourth-order valence-corrected chi connectivity index (χ4v) is 2.58. The second-order valence-corrected chi connectivity index (χ2v) is 5.42. The van der Waals surface area contributed by atoms with Crippen molar-refractivity contribution in [3.63, 3.8) is 0 Å². The molecule has 3 aromatic rings. The zero-order valence-corrected chi connectivity index (χ0v) is 13.3. The lowest BCUT2D eigenvalue weighted by Gasteiger charge is -2.11. The predicted octanol–water partition coefficient (Wildman–Crippen LogP) is 4.18. The minimum absolute atomic E-state index is 0.176. The molecule has 1 aromatic heterocycles. The van der Waals surface area contributed by atoms with Gasteiger partial charge in [0.1, 0.15) is 5.82 Å². The van der Waals surface area contributed by atoms with E-state index in [0.29, 0.717) is 12.4 Å². The minimum Gasteiger partial charge on any atom is -0.406 e. The molecule has 0 saturated heterocycles. The van der Waals surface area contributed by atoms with Gasteiger partial charge < -0.3 is 4.74 Å². The van der Waals surface area contributed by atoms with E-state index in [1.807, 2.05) is 65.2 Å². The standard InChI is InChI=1S/C18H15ClN2O2/c1-13(22)23-18-16(19)20-17(15-10-6-3-7-11-15)21(18)12-14-8-4-2-5-9-14/h2-11H,12H2,1H3. The Morgan fingerprint density at radius 3 is 2.30 bits per heavy atom. The maximum atomic E-state index is 11.4. The lowest BCUT2D eigenvalue weighted by molar-refractivity contribution is -0.132. The van der Waals surface area contributed by atoms with E-state index in [2.05, 4.69) is 4.98 Å². The van der Waals surface area contributed by atoms with E-state index >= 15 is 0 Å². The first kappa shape index (κ1) is 15.3. The molecule has 0 aliphatic heterocycles. The van der Waals surface area contributed by atoms with Crippen molar-refractivity contribution < 1.29 is 9.53 Å². The van der Waals surface area contributed by atoms with Gasteiger partial charge in [0.2, 0.25) is 5.88 Å². The predicted molar refractivity (Wildman–Crippen MR) is 89.5 cm³/mol. The summed E-state index contributed by atoms with van der Waals surface area (Å²) < 4.78 is 7.09. The average Bonchev–Trinajstić information content (AvgIpc) is 2.85. The molecule has 0 atom stereocenters. The molecule has 116 valence electrons. The lowest BCUT2D eigenvalue weighted by Crippen LogP contribution is -2.09. The Kier molecular flexibility index (Phi) is 4.44. The van der Waals surface area contributed by atoms with Gasteiger partial charge in [-0.2, -0.15) is 0 Å². The number of hydrogen-bond acceptors (Lipinski definition) is 3.